The second-order valence-electron chi connectivity index (χ2n) is 8.15. The lowest BCUT2D eigenvalue weighted by Crippen LogP contribution is -2.51. The number of alkyl halides is 2. The van der Waals surface area contributed by atoms with Crippen molar-refractivity contribution in [3.05, 3.63) is 24.0 Å². The van der Waals surface area contributed by atoms with Crippen LogP contribution in [0.4, 0.5) is 14.5 Å². The number of nitrogens with two attached hydrogens (primary N) is 1. The van der Waals surface area contributed by atoms with Crippen LogP contribution in [0.3, 0.4) is 0 Å². The van der Waals surface area contributed by atoms with Crippen molar-refractivity contribution in [2.45, 2.75) is 63.5 Å². The van der Waals surface area contributed by atoms with Crippen LogP contribution >= 0.6 is 0 Å². The van der Waals surface area contributed by atoms with Gasteiger partial charge in [-0.2, -0.15) is 0 Å². The van der Waals surface area contributed by atoms with Gasteiger partial charge < -0.3 is 15.5 Å². The van der Waals surface area contributed by atoms with Crippen LogP contribution in [0.15, 0.2) is 18.5 Å². The lowest BCUT2D eigenvalue weighted by atomic mass is 9.92. The van der Waals surface area contributed by atoms with E-state index in [4.69, 9.17) is 5.41 Å². The number of likely N-dealkylation sites (tertiary alicyclic amines) is 1. The van der Waals surface area contributed by atoms with Crippen molar-refractivity contribution >= 4 is 29.0 Å². The molecule has 2 atom stereocenters. The minimum absolute atomic E-state index is 0.0556. The Bertz CT molecular complexity index is 876. The first kappa shape index (κ1) is 22.8. The highest BCUT2D eigenvalue weighted by molar-refractivity contribution is 6.43. The van der Waals surface area contributed by atoms with Crippen molar-refractivity contribution in [2.75, 3.05) is 18.4 Å². The number of halogens is 2. The number of hydrogen-bond donors (Lipinski definition) is 3. The minimum atomic E-state index is -2.76. The third-order valence-corrected chi connectivity index (χ3v) is 5.78. The molecular formula is C21H28F2N5O3+. The summed E-state index contributed by atoms with van der Waals surface area (Å²) < 4.78 is 27.3. The molecule has 1 aromatic heterocycles. The number of hydrogen-bond acceptors (Lipinski definition) is 5. The zero-order valence-corrected chi connectivity index (χ0v) is 17.5. The Morgan fingerprint density at radius 3 is 2.77 bits per heavy atom. The average Bonchev–Trinajstić information content (AvgIpc) is 3.21. The third-order valence-electron chi connectivity index (χ3n) is 5.78. The van der Waals surface area contributed by atoms with E-state index in [2.05, 4.69) is 15.6 Å². The van der Waals surface area contributed by atoms with Crippen molar-refractivity contribution in [1.82, 2.24) is 15.2 Å². The normalized spacial score (nSPS) is 22.6. The molecule has 0 bridgehead atoms. The highest BCUT2D eigenvalue weighted by Gasteiger charge is 2.39. The molecular weight excluding hydrogens is 408 g/mol. The van der Waals surface area contributed by atoms with Crippen molar-refractivity contribution in [3.63, 3.8) is 0 Å². The molecule has 31 heavy (non-hydrogen) atoms. The first-order valence-electron chi connectivity index (χ1n) is 10.5. The SMILES string of the molecule is CC(=O)C(=[NH2+])c1ccncc1NCC(=O)N1CCC[C@H]1C(=O)NC1CCCC(F)(F)C1. The van der Waals surface area contributed by atoms with Crippen LogP contribution in [-0.4, -0.2) is 64.3 Å². The molecule has 1 aromatic rings. The van der Waals surface area contributed by atoms with Gasteiger partial charge in [0.2, 0.25) is 29.2 Å². The number of nitrogens with one attached hydrogen (secondary N) is 2. The molecule has 1 saturated heterocycles. The standard InChI is InChI=1S/C21H27F2N5O3/c1-13(29)19(24)15-6-8-25-11-16(15)26-12-18(30)28-9-3-5-17(28)20(31)27-14-4-2-7-21(22,23)10-14/h6,8,11,14,17,24,26H,2-5,7,9-10,12H2,1H3,(H,27,31)/p+1/t14?,17-/m0/s1. The summed E-state index contributed by atoms with van der Waals surface area (Å²) in [6, 6.07) is 0.331. The van der Waals surface area contributed by atoms with E-state index in [9.17, 15) is 23.2 Å². The van der Waals surface area contributed by atoms with E-state index in [-0.39, 0.29) is 42.7 Å². The molecule has 0 radical (unpaired) electrons. The lowest BCUT2D eigenvalue weighted by Gasteiger charge is -2.31. The number of amides is 2. The average molecular weight is 436 g/mol. The fraction of sp³-hybridized carbons (Fsp3) is 0.571. The summed E-state index contributed by atoms with van der Waals surface area (Å²) in [7, 11) is 0. The van der Waals surface area contributed by atoms with Crippen LogP contribution in [0, 0.1) is 0 Å². The number of ketones is 1. The van der Waals surface area contributed by atoms with Gasteiger partial charge in [-0.1, -0.05) is 0 Å². The molecule has 2 amide bonds. The number of rotatable bonds is 7. The Morgan fingerprint density at radius 1 is 1.29 bits per heavy atom. The molecule has 1 aliphatic heterocycles. The van der Waals surface area contributed by atoms with E-state index in [0.29, 0.717) is 43.5 Å². The molecule has 2 heterocycles. The molecule has 4 N–H and O–H groups in total. The number of anilines is 1. The van der Waals surface area contributed by atoms with Crippen LogP contribution in [-0.2, 0) is 14.4 Å². The van der Waals surface area contributed by atoms with Crippen molar-refractivity contribution < 1.29 is 28.6 Å². The van der Waals surface area contributed by atoms with Gasteiger partial charge in [0, 0.05) is 38.5 Å². The quantitative estimate of drug-likeness (QED) is 0.532. The van der Waals surface area contributed by atoms with Gasteiger partial charge in [0.1, 0.15) is 6.04 Å². The molecule has 2 aliphatic rings. The van der Waals surface area contributed by atoms with Gasteiger partial charge in [0.15, 0.2) is 0 Å². The summed E-state index contributed by atoms with van der Waals surface area (Å²) in [4.78, 5) is 42.5. The van der Waals surface area contributed by atoms with Crippen molar-refractivity contribution in [2.24, 2.45) is 0 Å². The number of carbonyl (C=O) groups excluding carboxylic acids is 3. The molecule has 168 valence electrons. The Morgan fingerprint density at radius 2 is 2.06 bits per heavy atom. The fourth-order valence-corrected chi connectivity index (χ4v) is 4.16. The van der Waals surface area contributed by atoms with E-state index < -0.39 is 18.0 Å². The molecule has 0 spiro atoms. The predicted octanol–water partition coefficient (Wildman–Crippen LogP) is 0.316. The number of pyridine rings is 1. The number of Topliss-reactive ketones (excluding diaryl/α,β-unsaturated/α-hetero) is 1. The van der Waals surface area contributed by atoms with Crippen LogP contribution in [0.25, 0.3) is 0 Å². The van der Waals surface area contributed by atoms with E-state index in [1.807, 2.05) is 0 Å². The summed E-state index contributed by atoms with van der Waals surface area (Å²) in [6.07, 6.45) is 4.48. The van der Waals surface area contributed by atoms with Gasteiger partial charge in [0.05, 0.1) is 24.0 Å². The highest BCUT2D eigenvalue weighted by Crippen LogP contribution is 2.33. The maximum absolute atomic E-state index is 13.6. The largest absolute Gasteiger partial charge is 0.374 e. The maximum atomic E-state index is 13.6. The second-order valence-corrected chi connectivity index (χ2v) is 8.15. The molecule has 2 fully saturated rings. The van der Waals surface area contributed by atoms with Crippen LogP contribution in [0.1, 0.15) is 51.0 Å². The maximum Gasteiger partial charge on any atom is 0.250 e. The Hall–Kier alpha value is -2.91. The number of carbonyl (C=O) groups is 3. The van der Waals surface area contributed by atoms with E-state index in [1.165, 1.54) is 24.2 Å². The van der Waals surface area contributed by atoms with Gasteiger partial charge in [-0.05, 0) is 31.7 Å². The molecule has 1 aliphatic carbocycles. The van der Waals surface area contributed by atoms with E-state index in [0.717, 1.165) is 0 Å². The van der Waals surface area contributed by atoms with Gasteiger partial charge in [-0.15, -0.1) is 0 Å². The first-order valence-corrected chi connectivity index (χ1v) is 10.5. The van der Waals surface area contributed by atoms with Crippen LogP contribution in [0.5, 0.6) is 0 Å². The fourth-order valence-electron chi connectivity index (χ4n) is 4.16. The zero-order chi connectivity index (χ0) is 22.6. The monoisotopic (exact) mass is 436 g/mol. The van der Waals surface area contributed by atoms with Crippen molar-refractivity contribution in [1.29, 1.82) is 0 Å². The lowest BCUT2D eigenvalue weighted by molar-refractivity contribution is -0.138. The smallest absolute Gasteiger partial charge is 0.250 e. The summed E-state index contributed by atoms with van der Waals surface area (Å²) in [6.45, 7) is 1.65. The Kier molecular flexibility index (Phi) is 6.97. The van der Waals surface area contributed by atoms with Crippen LogP contribution < -0.4 is 16.0 Å². The van der Waals surface area contributed by atoms with Crippen molar-refractivity contribution in [3.8, 4) is 0 Å². The first-order chi connectivity index (χ1) is 14.7. The summed E-state index contributed by atoms with van der Waals surface area (Å²) >= 11 is 0. The zero-order valence-electron chi connectivity index (χ0n) is 17.5. The number of aromatic nitrogens is 1. The minimum Gasteiger partial charge on any atom is -0.374 e. The topological polar surface area (TPSA) is 117 Å². The van der Waals surface area contributed by atoms with E-state index >= 15 is 0 Å². The Labute approximate surface area is 179 Å². The molecule has 3 rings (SSSR count). The van der Waals surface area contributed by atoms with Crippen LogP contribution in [0.2, 0.25) is 0 Å². The van der Waals surface area contributed by atoms with E-state index in [1.54, 1.807) is 6.07 Å². The highest BCUT2D eigenvalue weighted by atomic mass is 19.3. The van der Waals surface area contributed by atoms with Gasteiger partial charge in [-0.3, -0.25) is 24.8 Å². The summed E-state index contributed by atoms with van der Waals surface area (Å²) in [5.41, 5.74) is 0.942. The molecule has 8 nitrogen and oxygen atoms in total. The summed E-state index contributed by atoms with van der Waals surface area (Å²) in [5.74, 6) is -3.75. The molecule has 0 aromatic carbocycles. The third kappa shape index (κ3) is 5.62. The molecule has 10 heteroatoms. The van der Waals surface area contributed by atoms with Gasteiger partial charge >= 0.3 is 0 Å². The van der Waals surface area contributed by atoms with Gasteiger partial charge in [0.25, 0.3) is 0 Å². The molecule has 1 unspecified atom stereocenters. The second kappa shape index (κ2) is 9.49. The predicted molar refractivity (Wildman–Crippen MR) is 110 cm³/mol. The summed E-state index contributed by atoms with van der Waals surface area (Å²) in [5, 5.41) is 11.5. The Balaban J connectivity index is 1.60. The molecule has 1 saturated carbocycles. The number of nitrogens with zero attached hydrogens (tertiary/aromatic N) is 2. The van der Waals surface area contributed by atoms with Gasteiger partial charge in [-0.25, -0.2) is 8.78 Å².